The molecule has 7 nitrogen and oxygen atoms in total. The molecular weight excluding hydrogens is 462 g/mol. The highest BCUT2D eigenvalue weighted by molar-refractivity contribution is 9.10. The van der Waals surface area contributed by atoms with Crippen molar-refractivity contribution in [3.05, 3.63) is 28.7 Å². The Bertz CT molecular complexity index is 742. The van der Waals surface area contributed by atoms with Crippen molar-refractivity contribution < 1.29 is 19.1 Å². The molecule has 0 saturated carbocycles. The topological polar surface area (TPSA) is 62.3 Å². The third kappa shape index (κ3) is 7.10. The minimum absolute atomic E-state index is 0.0570. The third-order valence-electron chi connectivity index (χ3n) is 5.55. The summed E-state index contributed by atoms with van der Waals surface area (Å²) < 4.78 is 12.3. The normalized spacial score (nSPS) is 20.1. The number of amides is 2. The van der Waals surface area contributed by atoms with E-state index in [1.54, 1.807) is 4.90 Å². The number of piperazine rings is 1. The van der Waals surface area contributed by atoms with E-state index in [2.05, 4.69) is 20.8 Å². The summed E-state index contributed by atoms with van der Waals surface area (Å²) in [5.41, 5.74) is -0.556. The Balaban J connectivity index is 1.39. The molecule has 1 aromatic rings. The summed E-state index contributed by atoms with van der Waals surface area (Å²) in [5, 5.41) is 0. The van der Waals surface area contributed by atoms with Gasteiger partial charge in [-0.25, -0.2) is 4.79 Å². The molecule has 2 aliphatic rings. The first kappa shape index (κ1) is 23.9. The quantitative estimate of drug-likeness (QED) is 0.562. The molecule has 1 aromatic carbocycles. The molecule has 0 N–H and O–H groups in total. The van der Waals surface area contributed by atoms with Gasteiger partial charge in [0.05, 0.1) is 6.61 Å². The minimum atomic E-state index is -0.556. The third-order valence-corrected chi connectivity index (χ3v) is 6.08. The second-order valence-electron chi connectivity index (χ2n) is 9.15. The molecule has 2 aliphatic heterocycles. The Kier molecular flexibility index (Phi) is 8.22. The van der Waals surface area contributed by atoms with Gasteiger partial charge in [-0.05, 0) is 64.3 Å². The number of carbonyl (C=O) groups excluding carboxylic acids is 2. The van der Waals surface area contributed by atoms with Crippen LogP contribution in [0.25, 0.3) is 0 Å². The average Bonchev–Trinajstić information content (AvgIpc) is 3.21. The summed E-state index contributed by atoms with van der Waals surface area (Å²) in [4.78, 5) is 31.4. The van der Waals surface area contributed by atoms with Crippen LogP contribution < -0.4 is 4.74 Å². The Morgan fingerprint density at radius 2 is 1.74 bits per heavy atom. The number of rotatable bonds is 6. The number of likely N-dealkylation sites (tertiary alicyclic amines) is 1. The van der Waals surface area contributed by atoms with Crippen molar-refractivity contribution in [1.29, 1.82) is 0 Å². The first-order chi connectivity index (χ1) is 14.7. The van der Waals surface area contributed by atoms with Crippen LogP contribution in [0.4, 0.5) is 4.79 Å². The summed E-state index contributed by atoms with van der Waals surface area (Å²) in [5.74, 6) is 0.936. The molecule has 8 heteroatoms. The fourth-order valence-corrected chi connectivity index (χ4v) is 4.24. The van der Waals surface area contributed by atoms with Gasteiger partial charge in [0.25, 0.3) is 0 Å². The predicted molar refractivity (Wildman–Crippen MR) is 123 cm³/mol. The molecular formula is C23H34BrN3O4. The zero-order valence-electron chi connectivity index (χ0n) is 18.8. The highest BCUT2D eigenvalue weighted by Crippen LogP contribution is 2.23. The maximum absolute atomic E-state index is 13.1. The van der Waals surface area contributed by atoms with Crippen molar-refractivity contribution in [3.63, 3.8) is 0 Å². The fourth-order valence-electron chi connectivity index (χ4n) is 3.97. The number of benzene rings is 1. The van der Waals surface area contributed by atoms with E-state index in [0.29, 0.717) is 32.7 Å². The van der Waals surface area contributed by atoms with E-state index in [0.717, 1.165) is 42.7 Å². The number of carbonyl (C=O) groups is 2. The van der Waals surface area contributed by atoms with Gasteiger partial charge in [0, 0.05) is 43.7 Å². The van der Waals surface area contributed by atoms with Gasteiger partial charge in [-0.3, -0.25) is 14.6 Å². The molecule has 2 amide bonds. The zero-order chi connectivity index (χ0) is 22.4. The van der Waals surface area contributed by atoms with E-state index in [4.69, 9.17) is 9.47 Å². The van der Waals surface area contributed by atoms with Gasteiger partial charge in [-0.15, -0.1) is 0 Å². The van der Waals surface area contributed by atoms with Gasteiger partial charge in [0.1, 0.15) is 17.4 Å². The van der Waals surface area contributed by atoms with Gasteiger partial charge in [0.2, 0.25) is 5.91 Å². The Labute approximate surface area is 193 Å². The van der Waals surface area contributed by atoms with Crippen LogP contribution in [0.3, 0.4) is 0 Å². The van der Waals surface area contributed by atoms with E-state index in [1.807, 2.05) is 49.9 Å². The van der Waals surface area contributed by atoms with Crippen LogP contribution in [-0.2, 0) is 9.53 Å². The smallest absolute Gasteiger partial charge is 0.410 e. The van der Waals surface area contributed by atoms with E-state index in [1.165, 1.54) is 0 Å². The Morgan fingerprint density at radius 1 is 1.06 bits per heavy atom. The van der Waals surface area contributed by atoms with Crippen molar-refractivity contribution in [2.75, 3.05) is 45.9 Å². The van der Waals surface area contributed by atoms with Crippen LogP contribution in [-0.4, -0.2) is 84.2 Å². The van der Waals surface area contributed by atoms with Crippen LogP contribution in [0.15, 0.2) is 28.7 Å². The number of halogens is 1. The van der Waals surface area contributed by atoms with E-state index < -0.39 is 5.60 Å². The second kappa shape index (κ2) is 10.7. The number of hydrogen-bond donors (Lipinski definition) is 0. The summed E-state index contributed by atoms with van der Waals surface area (Å²) in [7, 11) is 0. The van der Waals surface area contributed by atoms with Crippen molar-refractivity contribution in [1.82, 2.24) is 14.7 Å². The van der Waals surface area contributed by atoms with Crippen molar-refractivity contribution in [2.45, 2.75) is 51.7 Å². The van der Waals surface area contributed by atoms with Crippen LogP contribution in [0, 0.1) is 0 Å². The fraction of sp³-hybridized carbons (Fsp3) is 0.652. The number of ether oxygens (including phenoxy) is 2. The molecule has 0 unspecified atom stereocenters. The molecule has 1 atom stereocenters. The standard InChI is InChI=1S/C23H34BrN3O4/c1-23(2,3)31-22(29)27-12-4-6-20(27)21(28)26-15-13-25(14-16-26)11-5-17-30-19-9-7-18(24)8-10-19/h7-10,20H,4-6,11-17H2,1-3H3/t20-/m0/s1. The Hall–Kier alpha value is -1.80. The molecule has 0 aromatic heterocycles. The van der Waals surface area contributed by atoms with Crippen molar-refractivity contribution in [3.8, 4) is 5.75 Å². The molecule has 0 bridgehead atoms. The monoisotopic (exact) mass is 495 g/mol. The van der Waals surface area contributed by atoms with Crippen LogP contribution in [0.1, 0.15) is 40.0 Å². The summed E-state index contributed by atoms with van der Waals surface area (Å²) in [6.07, 6.45) is 2.12. The average molecular weight is 496 g/mol. The maximum Gasteiger partial charge on any atom is 0.410 e. The lowest BCUT2D eigenvalue weighted by Gasteiger charge is -2.37. The lowest BCUT2D eigenvalue weighted by Crippen LogP contribution is -2.54. The van der Waals surface area contributed by atoms with Crippen LogP contribution in [0.5, 0.6) is 5.75 Å². The summed E-state index contributed by atoms with van der Waals surface area (Å²) >= 11 is 3.42. The first-order valence-electron chi connectivity index (χ1n) is 11.1. The molecule has 0 radical (unpaired) electrons. The minimum Gasteiger partial charge on any atom is -0.494 e. The predicted octanol–water partition coefficient (Wildman–Crippen LogP) is 3.76. The van der Waals surface area contributed by atoms with Crippen molar-refractivity contribution >= 4 is 27.9 Å². The molecule has 3 rings (SSSR count). The number of hydrogen-bond acceptors (Lipinski definition) is 5. The van der Waals surface area contributed by atoms with E-state index in [-0.39, 0.29) is 18.0 Å². The summed E-state index contributed by atoms with van der Waals surface area (Å²) in [6, 6.07) is 7.47. The Morgan fingerprint density at radius 3 is 2.39 bits per heavy atom. The van der Waals surface area contributed by atoms with Crippen LogP contribution >= 0.6 is 15.9 Å². The molecule has 2 saturated heterocycles. The number of nitrogens with zero attached hydrogens (tertiary/aromatic N) is 3. The molecule has 0 spiro atoms. The zero-order valence-corrected chi connectivity index (χ0v) is 20.4. The van der Waals surface area contributed by atoms with E-state index in [9.17, 15) is 9.59 Å². The molecule has 2 heterocycles. The van der Waals surface area contributed by atoms with Gasteiger partial charge in [-0.2, -0.15) is 0 Å². The van der Waals surface area contributed by atoms with Crippen LogP contribution in [0.2, 0.25) is 0 Å². The first-order valence-corrected chi connectivity index (χ1v) is 11.9. The van der Waals surface area contributed by atoms with E-state index >= 15 is 0 Å². The largest absolute Gasteiger partial charge is 0.494 e. The van der Waals surface area contributed by atoms with Gasteiger partial charge in [0.15, 0.2) is 0 Å². The molecule has 2 fully saturated rings. The molecule has 31 heavy (non-hydrogen) atoms. The maximum atomic E-state index is 13.1. The lowest BCUT2D eigenvalue weighted by molar-refractivity contribution is -0.137. The SMILES string of the molecule is CC(C)(C)OC(=O)N1CCC[C@H]1C(=O)N1CCN(CCCOc2ccc(Br)cc2)CC1. The van der Waals surface area contributed by atoms with Gasteiger partial charge in [-0.1, -0.05) is 15.9 Å². The summed E-state index contributed by atoms with van der Waals surface area (Å²) in [6.45, 7) is 10.9. The molecule has 172 valence electrons. The van der Waals surface area contributed by atoms with Gasteiger partial charge < -0.3 is 14.4 Å². The highest BCUT2D eigenvalue weighted by atomic mass is 79.9. The molecule has 0 aliphatic carbocycles. The van der Waals surface area contributed by atoms with Gasteiger partial charge >= 0.3 is 6.09 Å². The lowest BCUT2D eigenvalue weighted by atomic mass is 10.1. The van der Waals surface area contributed by atoms with Crippen molar-refractivity contribution in [2.24, 2.45) is 0 Å². The second-order valence-corrected chi connectivity index (χ2v) is 10.1. The highest BCUT2D eigenvalue weighted by Gasteiger charge is 2.39.